The summed E-state index contributed by atoms with van der Waals surface area (Å²) in [6.07, 6.45) is 1.64. The third kappa shape index (κ3) is 5.39. The highest BCUT2D eigenvalue weighted by Crippen LogP contribution is 2.40. The third-order valence-corrected chi connectivity index (χ3v) is 8.02. The maximum absolute atomic E-state index is 12.9. The van der Waals surface area contributed by atoms with Crippen molar-refractivity contribution in [1.29, 1.82) is 0 Å². The maximum atomic E-state index is 12.9. The second kappa shape index (κ2) is 9.03. The molecule has 2 aromatic rings. The van der Waals surface area contributed by atoms with Crippen molar-refractivity contribution in [1.82, 2.24) is 14.9 Å². The summed E-state index contributed by atoms with van der Waals surface area (Å²) < 4.78 is 15.6. The highest BCUT2D eigenvalue weighted by molar-refractivity contribution is 7.90. The van der Waals surface area contributed by atoms with Crippen LogP contribution >= 0.6 is 34.5 Å². The molecule has 2 heterocycles. The number of anilines is 2. The van der Waals surface area contributed by atoms with Crippen molar-refractivity contribution in [2.24, 2.45) is 5.92 Å². The van der Waals surface area contributed by atoms with Crippen LogP contribution in [0.3, 0.4) is 0 Å². The molecule has 1 aliphatic heterocycles. The number of nitrogens with two attached hydrogens (primary N) is 1. The van der Waals surface area contributed by atoms with Gasteiger partial charge in [-0.3, -0.25) is 0 Å². The van der Waals surface area contributed by atoms with Gasteiger partial charge in [-0.15, -0.1) is 14.9 Å². The van der Waals surface area contributed by atoms with Crippen LogP contribution in [0.1, 0.15) is 45.2 Å². The van der Waals surface area contributed by atoms with Crippen molar-refractivity contribution in [2.75, 3.05) is 23.7 Å². The van der Waals surface area contributed by atoms with Crippen LogP contribution in [0.4, 0.5) is 10.3 Å². The Morgan fingerprint density at radius 1 is 1.28 bits per heavy atom. The van der Waals surface area contributed by atoms with E-state index in [2.05, 4.69) is 19.8 Å². The second-order valence-electron chi connectivity index (χ2n) is 8.05. The van der Waals surface area contributed by atoms with Gasteiger partial charge in [-0.2, -0.15) is 0 Å². The number of phenolic OH excluding ortho intramolecular Hbond substituents is 1. The number of nitrogen functional groups attached to an aromatic ring is 1. The lowest BCUT2D eigenvalue weighted by Gasteiger charge is -2.37. The summed E-state index contributed by atoms with van der Waals surface area (Å²) in [6.45, 7) is 7.25. The Labute approximate surface area is 187 Å². The first kappa shape index (κ1) is 22.7. The SMILES string of the molecule is CC(C)(C)[S@+]([O-])N[C@@H](c1cc(Cl)c(Cl)cc1O)C1CCN(c2nnc(N)s2)CC1. The molecule has 7 nitrogen and oxygen atoms in total. The van der Waals surface area contributed by atoms with Crippen molar-refractivity contribution in [3.8, 4) is 5.75 Å². The Balaban J connectivity index is 1.83. The molecular weight excluding hydrogens is 453 g/mol. The monoisotopic (exact) mass is 477 g/mol. The minimum atomic E-state index is -1.32. The number of rotatable bonds is 5. The van der Waals surface area contributed by atoms with E-state index >= 15 is 0 Å². The van der Waals surface area contributed by atoms with Gasteiger partial charge in [0.05, 0.1) is 16.1 Å². The number of phenols is 1. The topological polar surface area (TPSA) is 110 Å². The number of piperidine rings is 1. The fraction of sp³-hybridized carbons (Fsp3) is 0.556. The van der Waals surface area contributed by atoms with Gasteiger partial charge in [0.2, 0.25) is 10.3 Å². The molecule has 1 aromatic heterocycles. The average molecular weight is 478 g/mol. The first-order valence-corrected chi connectivity index (χ1v) is 12.0. The molecule has 11 heteroatoms. The summed E-state index contributed by atoms with van der Waals surface area (Å²) in [5, 5.41) is 20.4. The molecule has 0 unspecified atom stereocenters. The Bertz CT molecular complexity index is 853. The van der Waals surface area contributed by atoms with Crippen LogP contribution in [0.15, 0.2) is 12.1 Å². The lowest BCUT2D eigenvalue weighted by molar-refractivity contribution is 0.317. The normalized spacial score (nSPS) is 18.1. The zero-order chi connectivity index (χ0) is 21.3. The van der Waals surface area contributed by atoms with Crippen LogP contribution in [0, 0.1) is 5.92 Å². The number of nitrogens with one attached hydrogen (secondary N) is 1. The van der Waals surface area contributed by atoms with Crippen LogP contribution in [-0.2, 0) is 11.4 Å². The molecule has 0 aliphatic carbocycles. The highest BCUT2D eigenvalue weighted by atomic mass is 35.5. The molecule has 0 saturated carbocycles. The number of hydrogen-bond donors (Lipinski definition) is 3. The molecule has 0 spiro atoms. The van der Waals surface area contributed by atoms with Crippen molar-refractivity contribution < 1.29 is 9.66 Å². The van der Waals surface area contributed by atoms with Gasteiger partial charge < -0.3 is 20.3 Å². The molecular formula is C18H25Cl2N5O2S2. The van der Waals surface area contributed by atoms with E-state index in [9.17, 15) is 9.66 Å². The molecule has 29 heavy (non-hydrogen) atoms. The quantitative estimate of drug-likeness (QED) is 0.554. The predicted molar refractivity (Wildman–Crippen MR) is 121 cm³/mol. The molecule has 1 fully saturated rings. The molecule has 1 aromatic carbocycles. The Kier molecular flexibility index (Phi) is 7.07. The number of halogens is 2. The first-order valence-electron chi connectivity index (χ1n) is 9.26. The molecule has 1 saturated heterocycles. The van der Waals surface area contributed by atoms with Crippen LogP contribution in [0.5, 0.6) is 5.75 Å². The Hall–Kier alpha value is -0.970. The molecule has 4 N–H and O–H groups in total. The fourth-order valence-electron chi connectivity index (χ4n) is 3.28. The van der Waals surface area contributed by atoms with E-state index in [1.54, 1.807) is 6.07 Å². The summed E-state index contributed by atoms with van der Waals surface area (Å²) in [7, 11) is 0. The summed E-state index contributed by atoms with van der Waals surface area (Å²) in [6, 6.07) is 2.77. The predicted octanol–water partition coefficient (Wildman–Crippen LogP) is 4.14. The van der Waals surface area contributed by atoms with Gasteiger partial charge in [0, 0.05) is 36.1 Å². The van der Waals surface area contributed by atoms with Crippen LogP contribution in [0.2, 0.25) is 10.0 Å². The summed E-state index contributed by atoms with van der Waals surface area (Å²) >= 11 is 12.3. The van der Waals surface area contributed by atoms with Gasteiger partial charge in [0.25, 0.3) is 0 Å². The van der Waals surface area contributed by atoms with Gasteiger partial charge >= 0.3 is 0 Å². The fourth-order valence-corrected chi connectivity index (χ4v) is 5.18. The van der Waals surface area contributed by atoms with Crippen molar-refractivity contribution in [3.63, 3.8) is 0 Å². The zero-order valence-electron chi connectivity index (χ0n) is 16.5. The van der Waals surface area contributed by atoms with E-state index in [-0.39, 0.29) is 22.7 Å². The zero-order valence-corrected chi connectivity index (χ0v) is 19.6. The van der Waals surface area contributed by atoms with Crippen LogP contribution < -0.4 is 15.4 Å². The average Bonchev–Trinajstić information content (AvgIpc) is 3.08. The summed E-state index contributed by atoms with van der Waals surface area (Å²) in [4.78, 5) is 2.15. The van der Waals surface area contributed by atoms with E-state index in [1.165, 1.54) is 17.4 Å². The van der Waals surface area contributed by atoms with Crippen molar-refractivity contribution in [2.45, 2.75) is 44.4 Å². The third-order valence-electron chi connectivity index (χ3n) is 4.91. The van der Waals surface area contributed by atoms with Gasteiger partial charge in [0.1, 0.15) is 10.5 Å². The number of hydrogen-bond acceptors (Lipinski definition) is 8. The number of aromatic nitrogens is 2. The van der Waals surface area contributed by atoms with E-state index in [4.69, 9.17) is 28.9 Å². The lowest BCUT2D eigenvalue weighted by atomic mass is 9.85. The summed E-state index contributed by atoms with van der Waals surface area (Å²) in [5.41, 5.74) is 6.31. The second-order valence-corrected chi connectivity index (χ2v) is 11.8. The van der Waals surface area contributed by atoms with E-state index in [1.807, 2.05) is 20.8 Å². The van der Waals surface area contributed by atoms with E-state index < -0.39 is 16.1 Å². The van der Waals surface area contributed by atoms with Crippen LogP contribution in [-0.4, -0.2) is 37.7 Å². The smallest absolute Gasteiger partial charge is 0.209 e. The molecule has 3 rings (SSSR count). The molecule has 160 valence electrons. The Morgan fingerprint density at radius 3 is 2.45 bits per heavy atom. The van der Waals surface area contributed by atoms with Crippen molar-refractivity contribution >= 4 is 56.2 Å². The number of aromatic hydroxyl groups is 1. The van der Waals surface area contributed by atoms with E-state index in [0.717, 1.165) is 31.1 Å². The minimum Gasteiger partial charge on any atom is -0.598 e. The summed E-state index contributed by atoms with van der Waals surface area (Å²) in [5.74, 6) is 0.188. The maximum Gasteiger partial charge on any atom is 0.209 e. The van der Waals surface area contributed by atoms with Gasteiger partial charge in [0.15, 0.2) is 0 Å². The molecule has 0 bridgehead atoms. The Morgan fingerprint density at radius 2 is 1.90 bits per heavy atom. The molecule has 0 amide bonds. The van der Waals surface area contributed by atoms with Gasteiger partial charge in [-0.1, -0.05) is 34.5 Å². The van der Waals surface area contributed by atoms with Crippen LogP contribution in [0.25, 0.3) is 0 Å². The molecule has 1 aliphatic rings. The number of benzene rings is 1. The van der Waals surface area contributed by atoms with Gasteiger partial charge in [-0.25, -0.2) is 0 Å². The molecule has 0 radical (unpaired) electrons. The van der Waals surface area contributed by atoms with Crippen molar-refractivity contribution in [3.05, 3.63) is 27.7 Å². The van der Waals surface area contributed by atoms with Gasteiger partial charge in [-0.05, 0) is 45.6 Å². The lowest BCUT2D eigenvalue weighted by Crippen LogP contribution is -2.45. The minimum absolute atomic E-state index is 0.0436. The molecule has 2 atom stereocenters. The number of nitrogens with zero attached hydrogens (tertiary/aromatic N) is 3. The largest absolute Gasteiger partial charge is 0.598 e. The van der Waals surface area contributed by atoms with E-state index in [0.29, 0.717) is 15.7 Å². The first-order chi connectivity index (χ1) is 13.6. The standard InChI is InChI=1S/C18H25Cl2N5O2S2/c1-18(2,3)29(27)24-15(11-8-12(19)13(20)9-14(11)26)10-4-6-25(7-5-10)17-23-22-16(21)28-17/h8-10,15,24,26H,4-7H2,1-3H3,(H2,21,22)/t15-,29+/m1/s1. The highest BCUT2D eigenvalue weighted by Gasteiger charge is 2.37.